The van der Waals surface area contributed by atoms with Crippen molar-refractivity contribution in [3.8, 4) is 0 Å². The molecule has 2 aromatic rings. The molecular formula is C23H27ClN2O6S. The number of carbonyl (C=O) groups is 3. The Bertz CT molecular complexity index is 1180. The zero-order valence-electron chi connectivity index (χ0n) is 19.0. The molecule has 2 rings (SSSR count). The first kappa shape index (κ1) is 26.5. The molecule has 2 aromatic carbocycles. The van der Waals surface area contributed by atoms with Crippen molar-refractivity contribution in [1.82, 2.24) is 4.72 Å². The van der Waals surface area contributed by atoms with Crippen molar-refractivity contribution in [2.45, 2.75) is 51.3 Å². The van der Waals surface area contributed by atoms with Crippen molar-refractivity contribution in [1.29, 1.82) is 0 Å². The number of rotatable bonds is 8. The highest BCUT2D eigenvalue weighted by Crippen LogP contribution is 2.35. The van der Waals surface area contributed by atoms with E-state index in [0.717, 1.165) is 23.3 Å². The van der Waals surface area contributed by atoms with E-state index in [1.165, 1.54) is 13.0 Å². The van der Waals surface area contributed by atoms with Crippen LogP contribution in [-0.2, 0) is 10.0 Å². The highest BCUT2D eigenvalue weighted by molar-refractivity contribution is 7.90. The first-order valence-electron chi connectivity index (χ1n) is 10.2. The number of carbonyl (C=O) groups excluding carboxylic acids is 3. The average Bonchev–Trinajstić information content (AvgIpc) is 2.72. The van der Waals surface area contributed by atoms with Crippen LogP contribution in [0.2, 0.25) is 5.02 Å². The summed E-state index contributed by atoms with van der Waals surface area (Å²) in [5, 5.41) is 12.2. The summed E-state index contributed by atoms with van der Waals surface area (Å²) >= 11 is 6.23. The number of hydrogen-bond acceptors (Lipinski definition) is 6. The molecule has 178 valence electrons. The van der Waals surface area contributed by atoms with Crippen molar-refractivity contribution in [2.24, 2.45) is 0 Å². The predicted octanol–water partition coefficient (Wildman–Crippen LogP) is 4.47. The summed E-state index contributed by atoms with van der Waals surface area (Å²) in [6.07, 6.45) is 0. The number of benzene rings is 2. The molecule has 0 unspecified atom stereocenters. The number of nitrogens with one attached hydrogen (secondary N) is 2. The lowest BCUT2D eigenvalue weighted by Crippen LogP contribution is -2.35. The fraction of sp³-hybridized carbons (Fsp3) is 0.348. The second-order valence-corrected chi connectivity index (χ2v) is 10.3. The van der Waals surface area contributed by atoms with Gasteiger partial charge in [-0.25, -0.2) is 17.9 Å². The summed E-state index contributed by atoms with van der Waals surface area (Å²) in [4.78, 5) is 36.0. The van der Waals surface area contributed by atoms with Crippen molar-refractivity contribution in [3.63, 3.8) is 0 Å². The Labute approximate surface area is 198 Å². The molecule has 0 aliphatic rings. The maximum absolute atomic E-state index is 12.9. The molecule has 8 nitrogen and oxygen atoms in total. The lowest BCUT2D eigenvalue weighted by Gasteiger charge is -2.21. The molecule has 0 atom stereocenters. The van der Waals surface area contributed by atoms with Crippen LogP contribution in [0.1, 0.15) is 78.3 Å². The summed E-state index contributed by atoms with van der Waals surface area (Å²) in [5.74, 6) is -1.25. The second-order valence-electron chi connectivity index (χ2n) is 8.21. The first-order chi connectivity index (χ1) is 15.3. The number of hydrogen-bond donors (Lipinski definition) is 3. The van der Waals surface area contributed by atoms with Gasteiger partial charge in [0.1, 0.15) is 6.61 Å². The van der Waals surface area contributed by atoms with Gasteiger partial charge < -0.3 is 10.4 Å². The van der Waals surface area contributed by atoms with Crippen LogP contribution in [0.5, 0.6) is 0 Å². The minimum atomic E-state index is -4.45. The maximum atomic E-state index is 12.9. The Hall–Kier alpha value is -2.75. The van der Waals surface area contributed by atoms with Crippen LogP contribution in [0.3, 0.4) is 0 Å². The quantitative estimate of drug-likeness (QED) is 0.464. The van der Waals surface area contributed by atoms with Gasteiger partial charge in [0.2, 0.25) is 0 Å². The number of halogens is 1. The van der Waals surface area contributed by atoms with Gasteiger partial charge in [0.05, 0.1) is 4.90 Å². The van der Waals surface area contributed by atoms with Crippen LogP contribution in [0.25, 0.3) is 0 Å². The standard InChI is InChI=1S/C23H27ClN2O6S/c1-12(2)19-9-17(24)10-20(13(3)4)22(19)25-23(30)26-33(31,32)18-7-15(14(5)28)6-16(8-18)21(29)11-27/h6-10,12-13,27H,11H2,1-5H3,(H2,25,26,30). The molecule has 0 bridgehead atoms. The molecule has 0 aliphatic heterocycles. The van der Waals surface area contributed by atoms with Crippen molar-refractivity contribution < 1.29 is 27.9 Å². The van der Waals surface area contributed by atoms with E-state index in [1.807, 2.05) is 32.4 Å². The molecule has 0 saturated heterocycles. The molecule has 3 N–H and O–H groups in total. The van der Waals surface area contributed by atoms with E-state index < -0.39 is 39.1 Å². The van der Waals surface area contributed by atoms with Crippen molar-refractivity contribution >= 4 is 44.9 Å². The van der Waals surface area contributed by atoms with Crippen LogP contribution in [-0.4, -0.2) is 37.7 Å². The number of sulfonamides is 1. The highest BCUT2D eigenvalue weighted by Gasteiger charge is 2.24. The minimum Gasteiger partial charge on any atom is -0.388 e. The smallest absolute Gasteiger partial charge is 0.333 e. The van der Waals surface area contributed by atoms with E-state index in [2.05, 4.69) is 5.32 Å². The Morgan fingerprint density at radius 2 is 1.45 bits per heavy atom. The Balaban J connectivity index is 2.45. The number of aliphatic hydroxyl groups is 1. The lowest BCUT2D eigenvalue weighted by molar-refractivity contribution is 0.0903. The topological polar surface area (TPSA) is 130 Å². The Morgan fingerprint density at radius 1 is 0.939 bits per heavy atom. The van der Waals surface area contributed by atoms with Crippen molar-refractivity contribution in [2.75, 3.05) is 11.9 Å². The fourth-order valence-corrected chi connectivity index (χ4v) is 4.45. The number of Topliss-reactive ketones (excluding diaryl/α,β-unsaturated/α-hetero) is 2. The third-order valence-corrected chi connectivity index (χ3v) is 6.49. The van der Waals surface area contributed by atoms with Crippen LogP contribution in [0.4, 0.5) is 10.5 Å². The zero-order valence-corrected chi connectivity index (χ0v) is 20.6. The minimum absolute atomic E-state index is 0.00703. The summed E-state index contributed by atoms with van der Waals surface area (Å²) in [7, 11) is -4.45. The van der Waals surface area contributed by atoms with Gasteiger partial charge in [-0.15, -0.1) is 0 Å². The second kappa shape index (κ2) is 10.5. The maximum Gasteiger partial charge on any atom is 0.333 e. The van der Waals surface area contributed by atoms with Gasteiger partial charge in [-0.1, -0.05) is 39.3 Å². The molecule has 0 saturated carbocycles. The van der Waals surface area contributed by atoms with Gasteiger partial charge in [0, 0.05) is 21.8 Å². The van der Waals surface area contributed by atoms with E-state index in [1.54, 1.807) is 12.1 Å². The van der Waals surface area contributed by atoms with E-state index in [-0.39, 0.29) is 23.0 Å². The molecule has 0 fully saturated rings. The number of amides is 2. The third kappa shape index (κ3) is 6.40. The Kier molecular flexibility index (Phi) is 8.40. The fourth-order valence-electron chi connectivity index (χ4n) is 3.23. The predicted molar refractivity (Wildman–Crippen MR) is 127 cm³/mol. The van der Waals surface area contributed by atoms with Gasteiger partial charge >= 0.3 is 6.03 Å². The van der Waals surface area contributed by atoms with Gasteiger partial charge in [-0.05, 0) is 60.2 Å². The molecule has 2 amide bonds. The molecule has 33 heavy (non-hydrogen) atoms. The van der Waals surface area contributed by atoms with Crippen LogP contribution in [0.15, 0.2) is 35.2 Å². The third-order valence-electron chi connectivity index (χ3n) is 4.96. The number of ketones is 2. The number of urea groups is 1. The van der Waals surface area contributed by atoms with Gasteiger partial charge in [-0.3, -0.25) is 9.59 Å². The normalized spacial score (nSPS) is 11.5. The average molecular weight is 495 g/mol. The first-order valence-corrected chi connectivity index (χ1v) is 12.1. The number of aliphatic hydroxyl groups excluding tert-OH is 1. The number of anilines is 1. The van der Waals surface area contributed by atoms with Gasteiger partial charge in [0.25, 0.3) is 10.0 Å². The largest absolute Gasteiger partial charge is 0.388 e. The van der Waals surface area contributed by atoms with E-state index in [9.17, 15) is 22.8 Å². The van der Waals surface area contributed by atoms with Crippen molar-refractivity contribution in [3.05, 3.63) is 57.6 Å². The Morgan fingerprint density at radius 3 is 1.91 bits per heavy atom. The monoisotopic (exact) mass is 494 g/mol. The molecule has 0 aliphatic carbocycles. The molecule has 0 spiro atoms. The van der Waals surface area contributed by atoms with Gasteiger partial charge in [0.15, 0.2) is 11.6 Å². The summed E-state index contributed by atoms with van der Waals surface area (Å²) in [5.41, 5.74) is 1.75. The van der Waals surface area contributed by atoms with Crippen LogP contribution >= 0.6 is 11.6 Å². The summed E-state index contributed by atoms with van der Waals surface area (Å²) < 4.78 is 27.7. The van der Waals surface area contributed by atoms with Crippen LogP contribution in [0, 0.1) is 0 Å². The molecule has 10 heteroatoms. The lowest BCUT2D eigenvalue weighted by atomic mass is 9.92. The highest BCUT2D eigenvalue weighted by atomic mass is 35.5. The SMILES string of the molecule is CC(=O)c1cc(C(=O)CO)cc(S(=O)(=O)NC(=O)Nc2c(C(C)C)cc(Cl)cc2C(C)C)c1. The molecule has 0 heterocycles. The molecular weight excluding hydrogens is 468 g/mol. The van der Waals surface area contributed by atoms with E-state index in [4.69, 9.17) is 16.7 Å². The zero-order chi connectivity index (χ0) is 25.1. The van der Waals surface area contributed by atoms with Gasteiger partial charge in [-0.2, -0.15) is 0 Å². The van der Waals surface area contributed by atoms with E-state index in [0.29, 0.717) is 10.7 Å². The molecule has 0 radical (unpaired) electrons. The summed E-state index contributed by atoms with van der Waals surface area (Å²) in [6, 6.07) is 5.67. The van der Waals surface area contributed by atoms with Crippen LogP contribution < -0.4 is 10.0 Å². The summed E-state index contributed by atoms with van der Waals surface area (Å²) in [6.45, 7) is 8.03. The molecule has 0 aromatic heterocycles. The van der Waals surface area contributed by atoms with E-state index >= 15 is 0 Å².